The van der Waals surface area contributed by atoms with E-state index in [4.69, 9.17) is 23.8 Å². The minimum Gasteiger partial charge on any atom is -0.456 e. The zero-order chi connectivity index (χ0) is 37.2. The van der Waals surface area contributed by atoms with Crippen molar-refractivity contribution in [1.82, 2.24) is 15.0 Å². The summed E-state index contributed by atoms with van der Waals surface area (Å²) in [6.45, 7) is 0. The summed E-state index contributed by atoms with van der Waals surface area (Å²) in [7, 11) is 0. The third-order valence-corrected chi connectivity index (χ3v) is 12.2. The largest absolute Gasteiger partial charge is 0.456 e. The second-order valence-electron chi connectivity index (χ2n) is 15.0. The molecule has 11 aromatic rings. The summed E-state index contributed by atoms with van der Waals surface area (Å²) in [6, 6.07) is 61.9. The van der Waals surface area contributed by atoms with Crippen molar-refractivity contribution < 1.29 is 8.83 Å². The maximum absolute atomic E-state index is 6.36. The lowest BCUT2D eigenvalue weighted by molar-refractivity contribution is 0.668. The summed E-state index contributed by atoms with van der Waals surface area (Å²) in [5, 5.41) is 4.27. The van der Waals surface area contributed by atoms with Crippen LogP contribution in [0.3, 0.4) is 0 Å². The van der Waals surface area contributed by atoms with Crippen LogP contribution in [-0.4, -0.2) is 15.0 Å². The molecule has 5 nitrogen and oxygen atoms in total. The molecule has 0 aliphatic heterocycles. The van der Waals surface area contributed by atoms with Gasteiger partial charge in [-0.05, 0) is 80.9 Å². The molecule has 0 fully saturated rings. The van der Waals surface area contributed by atoms with Crippen molar-refractivity contribution in [2.45, 2.75) is 5.41 Å². The van der Waals surface area contributed by atoms with Gasteiger partial charge in [-0.2, -0.15) is 0 Å². The van der Waals surface area contributed by atoms with Crippen molar-refractivity contribution in [3.05, 3.63) is 198 Å². The highest BCUT2D eigenvalue weighted by molar-refractivity contribution is 6.07. The molecule has 2 aliphatic carbocycles. The molecular weight excluding hydrogens is 699 g/mol. The predicted molar refractivity (Wildman–Crippen MR) is 227 cm³/mol. The molecule has 13 rings (SSSR count). The number of benzene rings is 8. The fourth-order valence-corrected chi connectivity index (χ4v) is 9.83. The number of fused-ring (bicyclic) bond motifs is 16. The standard InChI is InChI=1S/C52H29N3O2/c1-6-19-41-32(12-1)33-13-2-7-20-42(33)52(41)43-21-8-3-14-34(43)39-17-11-18-40(48(39)52)51-54-49(30-24-26-37-35-15-4-9-22-44(35)56-46(37)28-30)53-50(55-51)31-25-27-38-36-16-5-10-23-45(36)57-47(38)29-31/h1-29H. The van der Waals surface area contributed by atoms with E-state index in [1.165, 1.54) is 44.5 Å². The second kappa shape index (κ2) is 11.2. The molecule has 0 amide bonds. The van der Waals surface area contributed by atoms with Crippen LogP contribution in [0.25, 0.3) is 100 Å². The Balaban J connectivity index is 1.10. The van der Waals surface area contributed by atoms with Gasteiger partial charge in [0, 0.05) is 38.2 Å². The zero-order valence-electron chi connectivity index (χ0n) is 30.4. The summed E-state index contributed by atoms with van der Waals surface area (Å²) in [5.74, 6) is 1.74. The minimum atomic E-state index is -0.566. The Morgan fingerprint density at radius 1 is 0.316 bits per heavy atom. The Bertz CT molecular complexity index is 3310. The third kappa shape index (κ3) is 4.09. The summed E-state index contributed by atoms with van der Waals surface area (Å²) in [4.78, 5) is 16.0. The lowest BCUT2D eigenvalue weighted by Gasteiger charge is -2.31. The summed E-state index contributed by atoms with van der Waals surface area (Å²) in [5.41, 5.74) is 15.3. The molecule has 2 aliphatic rings. The monoisotopic (exact) mass is 727 g/mol. The average Bonchev–Trinajstić information content (AvgIpc) is 4.01. The van der Waals surface area contributed by atoms with Crippen LogP contribution in [0.5, 0.6) is 0 Å². The van der Waals surface area contributed by atoms with Crippen molar-refractivity contribution in [2.24, 2.45) is 0 Å². The summed E-state index contributed by atoms with van der Waals surface area (Å²) < 4.78 is 12.7. The van der Waals surface area contributed by atoms with Crippen LogP contribution in [0.15, 0.2) is 185 Å². The zero-order valence-corrected chi connectivity index (χ0v) is 30.4. The van der Waals surface area contributed by atoms with Crippen LogP contribution in [-0.2, 0) is 5.41 Å². The lowest BCUT2D eigenvalue weighted by Crippen LogP contribution is -2.26. The van der Waals surface area contributed by atoms with Crippen LogP contribution < -0.4 is 0 Å². The van der Waals surface area contributed by atoms with E-state index in [9.17, 15) is 0 Å². The third-order valence-electron chi connectivity index (χ3n) is 12.2. The highest BCUT2D eigenvalue weighted by atomic mass is 16.3. The van der Waals surface area contributed by atoms with E-state index >= 15 is 0 Å². The number of hydrogen-bond donors (Lipinski definition) is 0. The average molecular weight is 728 g/mol. The molecule has 264 valence electrons. The Morgan fingerprint density at radius 3 is 1.26 bits per heavy atom. The number of aromatic nitrogens is 3. The summed E-state index contributed by atoms with van der Waals surface area (Å²) in [6.07, 6.45) is 0. The van der Waals surface area contributed by atoms with E-state index in [1.807, 2.05) is 36.4 Å². The summed E-state index contributed by atoms with van der Waals surface area (Å²) >= 11 is 0. The van der Waals surface area contributed by atoms with Gasteiger partial charge in [-0.15, -0.1) is 0 Å². The van der Waals surface area contributed by atoms with Gasteiger partial charge in [0.2, 0.25) is 0 Å². The van der Waals surface area contributed by atoms with E-state index in [1.54, 1.807) is 0 Å². The van der Waals surface area contributed by atoms with Gasteiger partial charge in [0.05, 0.1) is 5.41 Å². The van der Waals surface area contributed by atoms with Gasteiger partial charge in [-0.3, -0.25) is 0 Å². The first-order chi connectivity index (χ1) is 28.2. The number of para-hydroxylation sites is 2. The Morgan fingerprint density at radius 2 is 0.719 bits per heavy atom. The van der Waals surface area contributed by atoms with Gasteiger partial charge in [-0.25, -0.2) is 15.0 Å². The van der Waals surface area contributed by atoms with Crippen molar-refractivity contribution in [1.29, 1.82) is 0 Å². The van der Waals surface area contributed by atoms with Crippen molar-refractivity contribution in [3.63, 3.8) is 0 Å². The smallest absolute Gasteiger partial charge is 0.164 e. The highest BCUT2D eigenvalue weighted by Gasteiger charge is 2.52. The normalized spacial score (nSPS) is 13.4. The van der Waals surface area contributed by atoms with E-state index in [0.29, 0.717) is 17.5 Å². The van der Waals surface area contributed by atoms with Crippen LogP contribution in [0.4, 0.5) is 0 Å². The molecule has 1 spiro atoms. The number of hydrogen-bond acceptors (Lipinski definition) is 5. The van der Waals surface area contributed by atoms with Crippen molar-refractivity contribution >= 4 is 43.9 Å². The number of nitrogens with zero attached hydrogens (tertiary/aromatic N) is 3. The number of furan rings is 2. The van der Waals surface area contributed by atoms with Gasteiger partial charge < -0.3 is 8.83 Å². The van der Waals surface area contributed by atoms with Gasteiger partial charge >= 0.3 is 0 Å². The Hall–Kier alpha value is -7.63. The molecular formula is C52H29N3O2. The first-order valence-corrected chi connectivity index (χ1v) is 19.3. The van der Waals surface area contributed by atoms with Crippen LogP contribution in [0.1, 0.15) is 22.3 Å². The highest BCUT2D eigenvalue weighted by Crippen LogP contribution is 2.64. The van der Waals surface area contributed by atoms with Crippen molar-refractivity contribution in [3.8, 4) is 56.4 Å². The lowest BCUT2D eigenvalue weighted by atomic mass is 9.69. The SMILES string of the molecule is c1ccc2c(c1)-c1ccccc1C21c2ccccc2-c2cccc(-c3nc(-c4ccc5c(c4)oc4ccccc45)nc(-c4ccc5c(c4)oc4ccccc45)n3)c21. The molecule has 3 heterocycles. The van der Waals surface area contributed by atoms with Crippen molar-refractivity contribution in [2.75, 3.05) is 0 Å². The quantitative estimate of drug-likeness (QED) is 0.181. The first-order valence-electron chi connectivity index (χ1n) is 19.3. The second-order valence-corrected chi connectivity index (χ2v) is 15.0. The van der Waals surface area contributed by atoms with Gasteiger partial charge in [0.15, 0.2) is 17.5 Å². The van der Waals surface area contributed by atoms with Gasteiger partial charge in [0.1, 0.15) is 22.3 Å². The molecule has 0 radical (unpaired) electrons. The van der Waals surface area contributed by atoms with Crippen LogP contribution >= 0.6 is 0 Å². The molecule has 57 heavy (non-hydrogen) atoms. The fourth-order valence-electron chi connectivity index (χ4n) is 9.83. The molecule has 5 heteroatoms. The molecule has 0 unspecified atom stereocenters. The molecule has 3 aromatic heterocycles. The van der Waals surface area contributed by atoms with Gasteiger partial charge in [0.25, 0.3) is 0 Å². The minimum absolute atomic E-state index is 0.566. The fraction of sp³-hybridized carbons (Fsp3) is 0.0192. The van der Waals surface area contributed by atoms with E-state index in [0.717, 1.165) is 60.6 Å². The maximum atomic E-state index is 6.36. The maximum Gasteiger partial charge on any atom is 0.164 e. The topological polar surface area (TPSA) is 65.0 Å². The molecule has 0 bridgehead atoms. The van der Waals surface area contributed by atoms with Crippen LogP contribution in [0, 0.1) is 0 Å². The first kappa shape index (κ1) is 30.7. The molecule has 8 aromatic carbocycles. The predicted octanol–water partition coefficient (Wildman–Crippen LogP) is 13.0. The molecule has 0 N–H and O–H groups in total. The number of rotatable bonds is 3. The molecule has 0 saturated carbocycles. The van der Waals surface area contributed by atoms with Crippen LogP contribution in [0.2, 0.25) is 0 Å². The Labute approximate surface area is 326 Å². The van der Waals surface area contributed by atoms with Gasteiger partial charge in [-0.1, -0.05) is 140 Å². The van der Waals surface area contributed by atoms with E-state index in [2.05, 4.69) is 140 Å². The molecule has 0 atom stereocenters. The van der Waals surface area contributed by atoms with E-state index in [-0.39, 0.29) is 0 Å². The molecule has 0 saturated heterocycles. The Kier molecular flexibility index (Phi) is 6.04. The van der Waals surface area contributed by atoms with E-state index < -0.39 is 5.41 Å².